The molecular weight excluding hydrogens is 246 g/mol. The molecule has 2 aromatic carbocycles. The zero-order valence-electron chi connectivity index (χ0n) is 12.3. The summed E-state index contributed by atoms with van der Waals surface area (Å²) in [5.74, 6) is 1.01. The molecule has 2 aromatic rings. The van der Waals surface area contributed by atoms with E-state index >= 15 is 0 Å². The van der Waals surface area contributed by atoms with Gasteiger partial charge in [-0.3, -0.25) is 0 Å². The van der Waals surface area contributed by atoms with Crippen LogP contribution in [-0.4, -0.2) is 13.7 Å². The van der Waals surface area contributed by atoms with E-state index in [9.17, 15) is 0 Å². The lowest BCUT2D eigenvalue weighted by Gasteiger charge is -2.17. The zero-order chi connectivity index (χ0) is 14.2. The van der Waals surface area contributed by atoms with Gasteiger partial charge in [-0.2, -0.15) is 0 Å². The monoisotopic (exact) mass is 269 g/mol. The van der Waals surface area contributed by atoms with Crippen molar-refractivity contribution in [3.8, 4) is 5.75 Å². The molecule has 2 heteroatoms. The maximum absolute atomic E-state index is 5.69. The summed E-state index contributed by atoms with van der Waals surface area (Å²) in [4.78, 5) is 0. The molecule has 0 aromatic heterocycles. The Labute approximate surface area is 121 Å². The van der Waals surface area contributed by atoms with Gasteiger partial charge >= 0.3 is 0 Å². The van der Waals surface area contributed by atoms with Gasteiger partial charge in [0, 0.05) is 6.04 Å². The predicted octanol–water partition coefficient (Wildman–Crippen LogP) is 3.98. The minimum atomic E-state index is 0.380. The minimum Gasteiger partial charge on any atom is -0.494 e. The fraction of sp³-hybridized carbons (Fsp3) is 0.333. The number of aryl methyl sites for hydroxylation is 1. The van der Waals surface area contributed by atoms with Crippen molar-refractivity contribution in [2.45, 2.75) is 25.8 Å². The van der Waals surface area contributed by atoms with E-state index in [0.29, 0.717) is 12.6 Å². The highest BCUT2D eigenvalue weighted by molar-refractivity contribution is 5.33. The molecule has 0 aliphatic heterocycles. The second-order valence-corrected chi connectivity index (χ2v) is 4.83. The van der Waals surface area contributed by atoms with Gasteiger partial charge in [0.15, 0.2) is 0 Å². The van der Waals surface area contributed by atoms with Gasteiger partial charge in [0.2, 0.25) is 0 Å². The Morgan fingerprint density at radius 2 is 1.70 bits per heavy atom. The SMILES string of the molecule is CCOc1ccccc1CCC(NC)c1ccccc1. The number of rotatable bonds is 7. The molecule has 0 aliphatic carbocycles. The van der Waals surface area contributed by atoms with Crippen LogP contribution in [0.3, 0.4) is 0 Å². The van der Waals surface area contributed by atoms with Crippen LogP contribution < -0.4 is 10.1 Å². The van der Waals surface area contributed by atoms with Crippen LogP contribution in [0.25, 0.3) is 0 Å². The first-order valence-corrected chi connectivity index (χ1v) is 7.28. The summed E-state index contributed by atoms with van der Waals surface area (Å²) in [5.41, 5.74) is 2.62. The van der Waals surface area contributed by atoms with Gasteiger partial charge in [0.05, 0.1) is 6.61 Å². The summed E-state index contributed by atoms with van der Waals surface area (Å²) in [6, 6.07) is 19.3. The van der Waals surface area contributed by atoms with E-state index in [-0.39, 0.29) is 0 Å². The van der Waals surface area contributed by atoms with E-state index in [1.807, 2.05) is 20.0 Å². The number of hydrogen-bond donors (Lipinski definition) is 1. The smallest absolute Gasteiger partial charge is 0.122 e. The fourth-order valence-electron chi connectivity index (χ4n) is 2.47. The number of hydrogen-bond acceptors (Lipinski definition) is 2. The molecule has 0 spiro atoms. The zero-order valence-corrected chi connectivity index (χ0v) is 12.3. The molecule has 0 bridgehead atoms. The van der Waals surface area contributed by atoms with Gasteiger partial charge in [-0.1, -0.05) is 48.5 Å². The second-order valence-electron chi connectivity index (χ2n) is 4.83. The van der Waals surface area contributed by atoms with Crippen LogP contribution >= 0.6 is 0 Å². The maximum Gasteiger partial charge on any atom is 0.122 e. The van der Waals surface area contributed by atoms with E-state index in [4.69, 9.17) is 4.74 Å². The van der Waals surface area contributed by atoms with E-state index in [1.165, 1.54) is 11.1 Å². The van der Waals surface area contributed by atoms with E-state index in [2.05, 4.69) is 53.8 Å². The van der Waals surface area contributed by atoms with Gasteiger partial charge in [0.1, 0.15) is 5.75 Å². The molecule has 0 saturated carbocycles. The summed E-state index contributed by atoms with van der Waals surface area (Å²) in [6.07, 6.45) is 2.07. The highest BCUT2D eigenvalue weighted by atomic mass is 16.5. The molecule has 1 N–H and O–H groups in total. The second kappa shape index (κ2) is 7.71. The van der Waals surface area contributed by atoms with Crippen molar-refractivity contribution < 1.29 is 4.74 Å². The lowest BCUT2D eigenvalue weighted by atomic mass is 9.99. The van der Waals surface area contributed by atoms with Crippen molar-refractivity contribution in [2.24, 2.45) is 0 Å². The molecule has 0 aliphatic rings. The Kier molecular flexibility index (Phi) is 5.63. The Hall–Kier alpha value is -1.80. The summed E-state index contributed by atoms with van der Waals surface area (Å²) >= 11 is 0. The third-order valence-corrected chi connectivity index (χ3v) is 3.53. The quantitative estimate of drug-likeness (QED) is 0.821. The highest BCUT2D eigenvalue weighted by Gasteiger charge is 2.10. The summed E-state index contributed by atoms with van der Waals surface area (Å²) in [5, 5.41) is 3.40. The molecule has 1 atom stereocenters. The normalized spacial score (nSPS) is 12.1. The summed E-state index contributed by atoms with van der Waals surface area (Å²) < 4.78 is 5.69. The lowest BCUT2D eigenvalue weighted by molar-refractivity contribution is 0.335. The molecule has 0 fully saturated rings. The van der Waals surface area contributed by atoms with Crippen molar-refractivity contribution in [3.63, 3.8) is 0 Å². The average molecular weight is 269 g/mol. The topological polar surface area (TPSA) is 21.3 Å². The molecule has 20 heavy (non-hydrogen) atoms. The van der Waals surface area contributed by atoms with E-state index < -0.39 is 0 Å². The van der Waals surface area contributed by atoms with Crippen molar-refractivity contribution in [1.82, 2.24) is 5.32 Å². The Morgan fingerprint density at radius 3 is 2.40 bits per heavy atom. The standard InChI is InChI=1S/C18H23NO/c1-3-20-18-12-8-7-11-16(18)13-14-17(19-2)15-9-5-4-6-10-15/h4-12,17,19H,3,13-14H2,1-2H3. The Balaban J connectivity index is 2.04. The van der Waals surface area contributed by atoms with Gasteiger partial charge < -0.3 is 10.1 Å². The largest absolute Gasteiger partial charge is 0.494 e. The highest BCUT2D eigenvalue weighted by Crippen LogP contribution is 2.24. The average Bonchev–Trinajstić information content (AvgIpc) is 2.51. The molecule has 106 valence electrons. The van der Waals surface area contributed by atoms with E-state index in [1.54, 1.807) is 0 Å². The summed E-state index contributed by atoms with van der Waals surface area (Å²) in [7, 11) is 2.02. The molecule has 0 saturated heterocycles. The van der Waals surface area contributed by atoms with Crippen LogP contribution in [0.15, 0.2) is 54.6 Å². The number of benzene rings is 2. The molecule has 0 amide bonds. The van der Waals surface area contributed by atoms with Crippen LogP contribution in [-0.2, 0) is 6.42 Å². The number of nitrogens with one attached hydrogen (secondary N) is 1. The van der Waals surface area contributed by atoms with Gasteiger partial charge in [-0.25, -0.2) is 0 Å². The molecule has 2 nitrogen and oxygen atoms in total. The van der Waals surface area contributed by atoms with Gasteiger partial charge in [0.25, 0.3) is 0 Å². The first-order valence-electron chi connectivity index (χ1n) is 7.28. The van der Waals surface area contributed by atoms with Crippen molar-refractivity contribution in [1.29, 1.82) is 0 Å². The van der Waals surface area contributed by atoms with Crippen LogP contribution in [0.1, 0.15) is 30.5 Å². The Morgan fingerprint density at radius 1 is 1.00 bits per heavy atom. The first-order chi connectivity index (χ1) is 9.85. The van der Waals surface area contributed by atoms with Crippen LogP contribution in [0, 0.1) is 0 Å². The van der Waals surface area contributed by atoms with Crippen molar-refractivity contribution >= 4 is 0 Å². The third-order valence-electron chi connectivity index (χ3n) is 3.53. The van der Waals surface area contributed by atoms with Crippen molar-refractivity contribution in [2.75, 3.05) is 13.7 Å². The molecule has 0 radical (unpaired) electrons. The number of ether oxygens (including phenoxy) is 1. The molecular formula is C18H23NO. The minimum absolute atomic E-state index is 0.380. The fourth-order valence-corrected chi connectivity index (χ4v) is 2.47. The van der Waals surface area contributed by atoms with Gasteiger partial charge in [-0.05, 0) is 44.0 Å². The van der Waals surface area contributed by atoms with Crippen molar-refractivity contribution in [3.05, 3.63) is 65.7 Å². The van der Waals surface area contributed by atoms with Gasteiger partial charge in [-0.15, -0.1) is 0 Å². The molecule has 2 rings (SSSR count). The summed E-state index contributed by atoms with van der Waals surface area (Å²) in [6.45, 7) is 2.74. The Bertz CT molecular complexity index is 510. The lowest BCUT2D eigenvalue weighted by Crippen LogP contribution is -2.17. The van der Waals surface area contributed by atoms with E-state index in [0.717, 1.165) is 18.6 Å². The third kappa shape index (κ3) is 3.84. The first kappa shape index (κ1) is 14.6. The van der Waals surface area contributed by atoms with Crippen LogP contribution in [0.5, 0.6) is 5.75 Å². The van der Waals surface area contributed by atoms with Crippen LogP contribution in [0.2, 0.25) is 0 Å². The van der Waals surface area contributed by atoms with Crippen LogP contribution in [0.4, 0.5) is 0 Å². The number of para-hydroxylation sites is 1. The molecule has 0 heterocycles. The predicted molar refractivity (Wildman–Crippen MR) is 84.2 cm³/mol. The molecule has 1 unspecified atom stereocenters. The maximum atomic E-state index is 5.69.